The highest BCUT2D eigenvalue weighted by Gasteiger charge is 2.16. The lowest BCUT2D eigenvalue weighted by Gasteiger charge is -2.21. The van der Waals surface area contributed by atoms with Gasteiger partial charge in [-0.15, -0.1) is 0 Å². The Labute approximate surface area is 106 Å². The van der Waals surface area contributed by atoms with Gasteiger partial charge in [0.2, 0.25) is 0 Å². The average molecular weight is 256 g/mol. The van der Waals surface area contributed by atoms with Crippen molar-refractivity contribution in [2.75, 3.05) is 11.9 Å². The van der Waals surface area contributed by atoms with Crippen LogP contribution in [0.25, 0.3) is 0 Å². The topological polar surface area (TPSA) is 50.4 Å². The minimum absolute atomic E-state index is 0.164. The molecule has 0 radical (unpaired) electrons. The van der Waals surface area contributed by atoms with Crippen LogP contribution < -0.4 is 10.6 Å². The largest absolute Gasteiger partial charge is 0.444 e. The van der Waals surface area contributed by atoms with Crippen LogP contribution >= 0.6 is 11.3 Å². The summed E-state index contributed by atoms with van der Waals surface area (Å²) in [5.74, 6) is 0. The van der Waals surface area contributed by atoms with E-state index in [1.54, 1.807) is 11.3 Å². The third-order valence-electron chi connectivity index (χ3n) is 1.89. The minimum Gasteiger partial charge on any atom is -0.444 e. The van der Waals surface area contributed by atoms with Crippen molar-refractivity contribution in [3.63, 3.8) is 0 Å². The van der Waals surface area contributed by atoms with E-state index in [2.05, 4.69) is 10.6 Å². The van der Waals surface area contributed by atoms with Gasteiger partial charge in [-0.05, 0) is 39.1 Å². The first-order valence-electron chi connectivity index (χ1n) is 5.62. The van der Waals surface area contributed by atoms with Gasteiger partial charge in [0.05, 0.1) is 0 Å². The number of nitrogens with one attached hydrogen (secondary N) is 2. The van der Waals surface area contributed by atoms with Crippen LogP contribution in [0.1, 0.15) is 27.7 Å². The molecule has 1 rings (SSSR count). The highest BCUT2D eigenvalue weighted by molar-refractivity contribution is 7.08. The van der Waals surface area contributed by atoms with Crippen LogP contribution in [0.2, 0.25) is 0 Å². The number of hydrogen-bond donors (Lipinski definition) is 2. The first kappa shape index (κ1) is 13.8. The lowest BCUT2D eigenvalue weighted by Crippen LogP contribution is -2.38. The van der Waals surface area contributed by atoms with E-state index in [1.165, 1.54) is 0 Å². The van der Waals surface area contributed by atoms with Gasteiger partial charge in [0.15, 0.2) is 0 Å². The molecule has 1 amide bonds. The molecule has 0 spiro atoms. The highest BCUT2D eigenvalue weighted by atomic mass is 32.1. The molecule has 2 N–H and O–H groups in total. The zero-order valence-corrected chi connectivity index (χ0v) is 11.6. The van der Waals surface area contributed by atoms with Crippen molar-refractivity contribution < 1.29 is 9.53 Å². The minimum atomic E-state index is -0.450. The molecule has 1 heterocycles. The fourth-order valence-corrected chi connectivity index (χ4v) is 1.83. The van der Waals surface area contributed by atoms with E-state index in [0.29, 0.717) is 6.54 Å². The molecule has 17 heavy (non-hydrogen) atoms. The normalized spacial score (nSPS) is 12.9. The predicted octanol–water partition coefficient (Wildman–Crippen LogP) is 3.07. The Kier molecular flexibility index (Phi) is 4.81. The zero-order valence-electron chi connectivity index (χ0n) is 10.7. The fourth-order valence-electron chi connectivity index (χ4n) is 1.23. The number of carbonyl (C=O) groups excluding carboxylic acids is 1. The van der Waals surface area contributed by atoms with Crippen LogP contribution in [0.5, 0.6) is 0 Å². The van der Waals surface area contributed by atoms with Gasteiger partial charge < -0.3 is 15.4 Å². The smallest absolute Gasteiger partial charge is 0.407 e. The summed E-state index contributed by atoms with van der Waals surface area (Å²) in [4.78, 5) is 11.4. The van der Waals surface area contributed by atoms with Gasteiger partial charge in [0.25, 0.3) is 0 Å². The van der Waals surface area contributed by atoms with Gasteiger partial charge in [-0.3, -0.25) is 0 Å². The number of anilines is 1. The molecule has 0 aliphatic heterocycles. The van der Waals surface area contributed by atoms with Gasteiger partial charge in [-0.25, -0.2) is 4.79 Å². The molecule has 1 aromatic rings. The van der Waals surface area contributed by atoms with E-state index in [9.17, 15) is 4.79 Å². The Hall–Kier alpha value is -1.23. The van der Waals surface area contributed by atoms with Crippen molar-refractivity contribution in [3.05, 3.63) is 16.8 Å². The Morgan fingerprint density at radius 1 is 1.53 bits per heavy atom. The predicted molar refractivity (Wildman–Crippen MR) is 71.6 cm³/mol. The third-order valence-corrected chi connectivity index (χ3v) is 2.57. The van der Waals surface area contributed by atoms with Gasteiger partial charge in [-0.1, -0.05) is 0 Å². The van der Waals surface area contributed by atoms with Crippen LogP contribution in [0.3, 0.4) is 0 Å². The summed E-state index contributed by atoms with van der Waals surface area (Å²) in [5.41, 5.74) is 0.627. The number of carbonyl (C=O) groups is 1. The second-order valence-electron chi connectivity index (χ2n) is 4.94. The Morgan fingerprint density at radius 3 is 2.76 bits per heavy atom. The van der Waals surface area contributed by atoms with Crippen molar-refractivity contribution >= 4 is 23.1 Å². The highest BCUT2D eigenvalue weighted by Crippen LogP contribution is 2.12. The van der Waals surface area contributed by atoms with Crippen molar-refractivity contribution in [1.29, 1.82) is 0 Å². The molecule has 1 atom stereocenters. The molecular formula is C12H20N2O2S. The van der Waals surface area contributed by atoms with E-state index >= 15 is 0 Å². The molecule has 0 aromatic carbocycles. The third kappa shape index (κ3) is 6.16. The number of amides is 1. The van der Waals surface area contributed by atoms with Gasteiger partial charge in [0, 0.05) is 23.7 Å². The summed E-state index contributed by atoms with van der Waals surface area (Å²) >= 11 is 1.64. The maximum atomic E-state index is 11.4. The second-order valence-corrected chi connectivity index (χ2v) is 5.72. The van der Waals surface area contributed by atoms with Crippen molar-refractivity contribution in [3.8, 4) is 0 Å². The molecule has 0 saturated carbocycles. The average Bonchev–Trinajstić information content (AvgIpc) is 2.64. The molecule has 96 valence electrons. The van der Waals surface area contributed by atoms with Gasteiger partial charge in [-0.2, -0.15) is 11.3 Å². The molecule has 0 saturated heterocycles. The Balaban J connectivity index is 2.24. The maximum Gasteiger partial charge on any atom is 0.407 e. The molecule has 0 bridgehead atoms. The summed E-state index contributed by atoms with van der Waals surface area (Å²) in [6.07, 6.45) is -0.378. The fraction of sp³-hybridized carbons (Fsp3) is 0.583. The number of ether oxygens (including phenoxy) is 1. The molecule has 0 aliphatic rings. The summed E-state index contributed by atoms with van der Waals surface area (Å²) in [6, 6.07) is 2.17. The number of alkyl carbamates (subject to hydrolysis) is 1. The maximum absolute atomic E-state index is 11.4. The summed E-state index contributed by atoms with van der Waals surface area (Å²) in [5, 5.41) is 10.1. The monoisotopic (exact) mass is 256 g/mol. The quantitative estimate of drug-likeness (QED) is 0.870. The van der Waals surface area contributed by atoms with Crippen LogP contribution in [0.4, 0.5) is 10.5 Å². The Morgan fingerprint density at radius 2 is 2.24 bits per heavy atom. The van der Waals surface area contributed by atoms with E-state index in [1.807, 2.05) is 44.5 Å². The lowest BCUT2D eigenvalue weighted by molar-refractivity contribution is 0.0526. The van der Waals surface area contributed by atoms with Gasteiger partial charge >= 0.3 is 6.09 Å². The molecule has 1 unspecified atom stereocenters. The van der Waals surface area contributed by atoms with Crippen LogP contribution in [-0.2, 0) is 4.74 Å². The number of rotatable bonds is 4. The van der Waals surface area contributed by atoms with E-state index in [-0.39, 0.29) is 12.1 Å². The van der Waals surface area contributed by atoms with Crippen LogP contribution in [-0.4, -0.2) is 24.3 Å². The number of thiophene rings is 1. The molecule has 5 heteroatoms. The van der Waals surface area contributed by atoms with Crippen molar-refractivity contribution in [2.24, 2.45) is 0 Å². The van der Waals surface area contributed by atoms with Crippen LogP contribution in [0.15, 0.2) is 16.8 Å². The molecule has 0 aliphatic carbocycles. The molecule has 1 aromatic heterocycles. The zero-order chi connectivity index (χ0) is 12.9. The first-order valence-corrected chi connectivity index (χ1v) is 6.57. The summed E-state index contributed by atoms with van der Waals surface area (Å²) < 4.78 is 5.15. The van der Waals surface area contributed by atoms with E-state index < -0.39 is 5.60 Å². The molecular weight excluding hydrogens is 236 g/mol. The standard InChI is InChI=1S/C12H20N2O2S/c1-9(14-10-5-6-17-8-10)7-13-11(15)16-12(2,3)4/h5-6,8-9,14H,7H2,1-4H3,(H,13,15). The van der Waals surface area contributed by atoms with E-state index in [0.717, 1.165) is 5.69 Å². The van der Waals surface area contributed by atoms with Crippen molar-refractivity contribution in [1.82, 2.24) is 5.32 Å². The van der Waals surface area contributed by atoms with Crippen molar-refractivity contribution in [2.45, 2.75) is 39.3 Å². The van der Waals surface area contributed by atoms with Gasteiger partial charge in [0.1, 0.15) is 5.60 Å². The SMILES string of the molecule is CC(CNC(=O)OC(C)(C)C)Nc1ccsc1. The summed E-state index contributed by atoms with van der Waals surface area (Å²) in [6.45, 7) is 8.08. The molecule has 0 fully saturated rings. The lowest BCUT2D eigenvalue weighted by atomic mass is 10.2. The van der Waals surface area contributed by atoms with Crippen LogP contribution in [0, 0.1) is 0 Å². The van der Waals surface area contributed by atoms with E-state index in [4.69, 9.17) is 4.74 Å². The second kappa shape index (κ2) is 5.91. The number of hydrogen-bond acceptors (Lipinski definition) is 4. The molecule has 4 nitrogen and oxygen atoms in total. The first-order chi connectivity index (χ1) is 7.87. The Bertz CT molecular complexity index is 344. The summed E-state index contributed by atoms with van der Waals surface area (Å²) in [7, 11) is 0.